The molecule has 0 unspecified atom stereocenters. The molecule has 2 aliphatic rings. The number of carbonyl (C=O) groups is 2. The second-order valence-electron chi connectivity index (χ2n) is 7.14. The Balaban J connectivity index is 1.62. The van der Waals surface area contributed by atoms with Crippen LogP contribution in [0.25, 0.3) is 0 Å². The monoisotopic (exact) mass is 343 g/mol. The van der Waals surface area contributed by atoms with Gasteiger partial charge in [0.1, 0.15) is 6.04 Å². The Hall–Kier alpha value is -2.04. The smallest absolute Gasteiger partial charge is 0.318 e. The molecule has 3 amide bonds. The van der Waals surface area contributed by atoms with Crippen molar-refractivity contribution < 1.29 is 9.59 Å². The van der Waals surface area contributed by atoms with Gasteiger partial charge < -0.3 is 15.5 Å². The molecule has 136 valence electrons. The number of nitrogens with zero attached hydrogens (tertiary/aromatic N) is 1. The van der Waals surface area contributed by atoms with Crippen molar-refractivity contribution in [2.75, 3.05) is 11.9 Å². The van der Waals surface area contributed by atoms with Crippen LogP contribution in [0, 0.1) is 0 Å². The average Bonchev–Trinajstić information content (AvgIpc) is 3.13. The zero-order chi connectivity index (χ0) is 17.6. The predicted molar refractivity (Wildman–Crippen MR) is 99.6 cm³/mol. The number of urea groups is 1. The van der Waals surface area contributed by atoms with Gasteiger partial charge in [-0.05, 0) is 43.7 Å². The zero-order valence-corrected chi connectivity index (χ0v) is 15.1. The van der Waals surface area contributed by atoms with Crippen LogP contribution < -0.4 is 10.6 Å². The number of amides is 3. The predicted octanol–water partition coefficient (Wildman–Crippen LogP) is 3.69. The lowest BCUT2D eigenvalue weighted by molar-refractivity contribution is -0.119. The van der Waals surface area contributed by atoms with Crippen molar-refractivity contribution in [2.24, 2.45) is 0 Å². The summed E-state index contributed by atoms with van der Waals surface area (Å²) in [5.74, 6) is -0.0720. The van der Waals surface area contributed by atoms with Gasteiger partial charge in [0.05, 0.1) is 0 Å². The molecule has 5 heteroatoms. The minimum atomic E-state index is -0.367. The van der Waals surface area contributed by atoms with E-state index in [0.717, 1.165) is 43.4 Å². The van der Waals surface area contributed by atoms with E-state index in [0.29, 0.717) is 6.54 Å². The SMILES string of the molecule is CCc1ccccc1NC(=O)[C@H]1CCCN1C(=O)NC1CCCCC1. The quantitative estimate of drug-likeness (QED) is 0.876. The summed E-state index contributed by atoms with van der Waals surface area (Å²) >= 11 is 0. The molecule has 0 bridgehead atoms. The lowest BCUT2D eigenvalue weighted by atomic mass is 9.96. The Morgan fingerprint density at radius 1 is 1.08 bits per heavy atom. The molecule has 0 radical (unpaired) electrons. The van der Waals surface area contributed by atoms with E-state index in [-0.39, 0.29) is 24.0 Å². The van der Waals surface area contributed by atoms with E-state index in [9.17, 15) is 9.59 Å². The lowest BCUT2D eigenvalue weighted by Crippen LogP contribution is -2.50. The van der Waals surface area contributed by atoms with E-state index in [1.54, 1.807) is 4.90 Å². The first-order chi connectivity index (χ1) is 12.2. The highest BCUT2D eigenvalue weighted by Crippen LogP contribution is 2.23. The molecule has 1 aliphatic carbocycles. The summed E-state index contributed by atoms with van der Waals surface area (Å²) in [5, 5.41) is 6.17. The normalized spacial score (nSPS) is 21.2. The van der Waals surface area contributed by atoms with Crippen LogP contribution in [0.4, 0.5) is 10.5 Å². The fraction of sp³-hybridized carbons (Fsp3) is 0.600. The van der Waals surface area contributed by atoms with Crippen molar-refractivity contribution in [3.05, 3.63) is 29.8 Å². The summed E-state index contributed by atoms with van der Waals surface area (Å²) in [5.41, 5.74) is 1.97. The van der Waals surface area contributed by atoms with Gasteiger partial charge in [0.25, 0.3) is 0 Å². The number of hydrogen-bond acceptors (Lipinski definition) is 2. The number of anilines is 1. The van der Waals surface area contributed by atoms with Crippen LogP contribution in [-0.4, -0.2) is 35.5 Å². The molecular weight excluding hydrogens is 314 g/mol. The highest BCUT2D eigenvalue weighted by molar-refractivity contribution is 5.97. The first-order valence-electron chi connectivity index (χ1n) is 9.65. The van der Waals surface area contributed by atoms with Gasteiger partial charge in [-0.25, -0.2) is 4.79 Å². The number of para-hydroxylation sites is 1. The van der Waals surface area contributed by atoms with E-state index in [2.05, 4.69) is 17.6 Å². The molecular formula is C20H29N3O2. The molecule has 2 N–H and O–H groups in total. The van der Waals surface area contributed by atoms with Crippen LogP contribution in [0.5, 0.6) is 0 Å². The van der Waals surface area contributed by atoms with E-state index in [4.69, 9.17) is 0 Å². The highest BCUT2D eigenvalue weighted by Gasteiger charge is 2.35. The summed E-state index contributed by atoms with van der Waals surface area (Å²) in [4.78, 5) is 27.1. The fourth-order valence-electron chi connectivity index (χ4n) is 3.95. The molecule has 0 aromatic heterocycles. The van der Waals surface area contributed by atoms with Crippen LogP contribution in [0.15, 0.2) is 24.3 Å². The maximum absolute atomic E-state index is 12.8. The second-order valence-corrected chi connectivity index (χ2v) is 7.14. The number of nitrogens with one attached hydrogen (secondary N) is 2. The van der Waals surface area contributed by atoms with Gasteiger partial charge in [-0.2, -0.15) is 0 Å². The first kappa shape index (κ1) is 17.8. The molecule has 5 nitrogen and oxygen atoms in total. The van der Waals surface area contributed by atoms with Crippen molar-refractivity contribution in [2.45, 2.75) is 70.4 Å². The molecule has 1 saturated heterocycles. The average molecular weight is 343 g/mol. The highest BCUT2D eigenvalue weighted by atomic mass is 16.2. The Kier molecular flexibility index (Phi) is 5.95. The number of carbonyl (C=O) groups excluding carboxylic acids is 2. The van der Waals surface area contributed by atoms with E-state index >= 15 is 0 Å². The maximum atomic E-state index is 12.8. The third-order valence-electron chi connectivity index (χ3n) is 5.41. The fourth-order valence-corrected chi connectivity index (χ4v) is 3.95. The van der Waals surface area contributed by atoms with Gasteiger partial charge in [0, 0.05) is 18.3 Å². The molecule has 25 heavy (non-hydrogen) atoms. The molecule has 1 atom stereocenters. The molecule has 1 aliphatic heterocycles. The number of benzene rings is 1. The maximum Gasteiger partial charge on any atom is 0.318 e. The van der Waals surface area contributed by atoms with Crippen LogP contribution in [0.1, 0.15) is 57.4 Å². The van der Waals surface area contributed by atoms with Gasteiger partial charge in [-0.15, -0.1) is 0 Å². The number of hydrogen-bond donors (Lipinski definition) is 2. The first-order valence-corrected chi connectivity index (χ1v) is 9.65. The Morgan fingerprint density at radius 2 is 1.84 bits per heavy atom. The van der Waals surface area contributed by atoms with Crippen LogP contribution in [-0.2, 0) is 11.2 Å². The Labute approximate surface area is 150 Å². The van der Waals surface area contributed by atoms with Gasteiger partial charge in [0.15, 0.2) is 0 Å². The standard InChI is InChI=1S/C20H29N3O2/c1-2-15-9-6-7-12-17(15)22-19(24)18-13-8-14-23(18)20(25)21-16-10-4-3-5-11-16/h6-7,9,12,16,18H,2-5,8,10-11,13-14H2,1H3,(H,21,25)(H,22,24)/t18-/m1/s1. The van der Waals surface area contributed by atoms with Crippen molar-refractivity contribution >= 4 is 17.6 Å². The summed E-state index contributed by atoms with van der Waals surface area (Å²) < 4.78 is 0. The molecule has 1 aromatic carbocycles. The van der Waals surface area contributed by atoms with E-state index in [1.165, 1.54) is 19.3 Å². The van der Waals surface area contributed by atoms with Crippen molar-refractivity contribution in [3.8, 4) is 0 Å². The van der Waals surface area contributed by atoms with Crippen molar-refractivity contribution in [3.63, 3.8) is 0 Å². The number of rotatable bonds is 4. The molecule has 0 spiro atoms. The number of aryl methyl sites for hydroxylation is 1. The number of likely N-dealkylation sites (tertiary alicyclic amines) is 1. The minimum absolute atomic E-state index is 0.0720. The third-order valence-corrected chi connectivity index (χ3v) is 5.41. The van der Waals surface area contributed by atoms with Crippen LogP contribution in [0.2, 0.25) is 0 Å². The summed E-state index contributed by atoms with van der Waals surface area (Å²) in [6.07, 6.45) is 8.22. The van der Waals surface area contributed by atoms with Crippen molar-refractivity contribution in [1.29, 1.82) is 0 Å². The van der Waals surface area contributed by atoms with Crippen molar-refractivity contribution in [1.82, 2.24) is 10.2 Å². The van der Waals surface area contributed by atoms with Crippen LogP contribution in [0.3, 0.4) is 0 Å². The molecule has 3 rings (SSSR count). The van der Waals surface area contributed by atoms with Gasteiger partial charge in [-0.3, -0.25) is 4.79 Å². The summed E-state index contributed by atoms with van der Waals surface area (Å²) in [6, 6.07) is 7.69. The lowest BCUT2D eigenvalue weighted by Gasteiger charge is -2.29. The molecule has 2 fully saturated rings. The second kappa shape index (κ2) is 8.37. The third kappa shape index (κ3) is 4.33. The van der Waals surface area contributed by atoms with Crippen LogP contribution >= 0.6 is 0 Å². The minimum Gasteiger partial charge on any atom is -0.335 e. The van der Waals surface area contributed by atoms with E-state index in [1.807, 2.05) is 24.3 Å². The summed E-state index contributed by atoms with van der Waals surface area (Å²) in [6.45, 7) is 2.73. The van der Waals surface area contributed by atoms with Gasteiger partial charge in [0.2, 0.25) is 5.91 Å². The largest absolute Gasteiger partial charge is 0.335 e. The van der Waals surface area contributed by atoms with Gasteiger partial charge in [-0.1, -0.05) is 44.4 Å². The summed E-state index contributed by atoms with van der Waals surface area (Å²) in [7, 11) is 0. The molecule has 1 aromatic rings. The topological polar surface area (TPSA) is 61.4 Å². The Bertz CT molecular complexity index is 611. The molecule has 1 heterocycles. The molecule has 1 saturated carbocycles. The zero-order valence-electron chi connectivity index (χ0n) is 15.1. The van der Waals surface area contributed by atoms with Gasteiger partial charge >= 0.3 is 6.03 Å². The van der Waals surface area contributed by atoms with E-state index < -0.39 is 0 Å². The Morgan fingerprint density at radius 3 is 2.60 bits per heavy atom.